The van der Waals surface area contributed by atoms with Crippen LogP contribution in [-0.2, 0) is 11.2 Å². The van der Waals surface area contributed by atoms with Gasteiger partial charge >= 0.3 is 0 Å². The van der Waals surface area contributed by atoms with Crippen molar-refractivity contribution in [3.63, 3.8) is 0 Å². The summed E-state index contributed by atoms with van der Waals surface area (Å²) in [6.45, 7) is 0.602. The van der Waals surface area contributed by atoms with Crippen molar-refractivity contribution in [1.82, 2.24) is 15.2 Å². The second-order valence-electron chi connectivity index (χ2n) is 5.64. The van der Waals surface area contributed by atoms with Crippen LogP contribution in [0.5, 0.6) is 0 Å². The lowest BCUT2D eigenvalue weighted by Crippen LogP contribution is -2.35. The minimum atomic E-state index is 0.0140. The fraction of sp³-hybridized carbons (Fsp3) is 0.294. The minimum absolute atomic E-state index is 0.0140. The Morgan fingerprint density at radius 1 is 1.25 bits per heavy atom. The van der Waals surface area contributed by atoms with Crippen LogP contribution in [0.1, 0.15) is 17.3 Å². The second kappa shape index (κ2) is 8.02. The molecular formula is C17H19N3OS3. The standard InChI is InChI=1S/C17H19N3OS3/c1-20(2)14(12-5-7-22-10-12)9-18-16(21)8-13-11-24-17(19-13)15-4-3-6-23-15/h3-7,10-11,14H,8-9H2,1-2H3,(H,18,21)/t14-/m0/s1. The molecule has 0 spiro atoms. The summed E-state index contributed by atoms with van der Waals surface area (Å²) in [6.07, 6.45) is 0.325. The van der Waals surface area contributed by atoms with Gasteiger partial charge in [-0.3, -0.25) is 4.79 Å². The first-order chi connectivity index (χ1) is 11.6. The molecule has 1 amide bonds. The Labute approximate surface area is 153 Å². The van der Waals surface area contributed by atoms with E-state index in [1.807, 2.05) is 30.9 Å². The Morgan fingerprint density at radius 2 is 2.12 bits per heavy atom. The van der Waals surface area contributed by atoms with Crippen molar-refractivity contribution in [2.24, 2.45) is 0 Å². The SMILES string of the molecule is CN(C)[C@@H](CNC(=O)Cc1csc(-c2cccs2)n1)c1ccsc1. The van der Waals surface area contributed by atoms with Gasteiger partial charge in [-0.15, -0.1) is 22.7 Å². The number of thiophene rings is 2. The van der Waals surface area contributed by atoms with Crippen LogP contribution in [0.15, 0.2) is 39.7 Å². The Morgan fingerprint density at radius 3 is 2.79 bits per heavy atom. The molecule has 0 aliphatic heterocycles. The number of carbonyl (C=O) groups is 1. The van der Waals surface area contributed by atoms with Gasteiger partial charge in [0.2, 0.25) is 5.91 Å². The summed E-state index contributed by atoms with van der Waals surface area (Å²) >= 11 is 4.93. The van der Waals surface area contributed by atoms with Crippen molar-refractivity contribution in [2.75, 3.05) is 20.6 Å². The van der Waals surface area contributed by atoms with Gasteiger partial charge in [0.1, 0.15) is 5.01 Å². The Bertz CT molecular complexity index is 763. The zero-order valence-corrected chi connectivity index (χ0v) is 16.0. The van der Waals surface area contributed by atoms with E-state index in [1.165, 1.54) is 5.56 Å². The lowest BCUT2D eigenvalue weighted by molar-refractivity contribution is -0.120. The van der Waals surface area contributed by atoms with Crippen LogP contribution in [0.2, 0.25) is 0 Å². The molecule has 126 valence electrons. The number of amides is 1. The molecule has 3 heterocycles. The molecule has 0 saturated carbocycles. The molecule has 3 aromatic rings. The van der Waals surface area contributed by atoms with Gasteiger partial charge in [0, 0.05) is 11.9 Å². The van der Waals surface area contributed by atoms with Crippen LogP contribution >= 0.6 is 34.0 Å². The fourth-order valence-electron chi connectivity index (χ4n) is 2.40. The molecule has 0 fully saturated rings. The van der Waals surface area contributed by atoms with Gasteiger partial charge < -0.3 is 10.2 Å². The maximum Gasteiger partial charge on any atom is 0.226 e. The Kier molecular flexibility index (Phi) is 5.78. The Balaban J connectivity index is 1.56. The first-order valence-corrected chi connectivity index (χ1v) is 10.3. The molecule has 0 aromatic carbocycles. The number of carbonyl (C=O) groups excluding carboxylic acids is 1. The molecule has 1 N–H and O–H groups in total. The molecule has 4 nitrogen and oxygen atoms in total. The van der Waals surface area contributed by atoms with E-state index in [4.69, 9.17) is 0 Å². The summed E-state index contributed by atoms with van der Waals surface area (Å²) in [5, 5.41) is 12.2. The van der Waals surface area contributed by atoms with E-state index >= 15 is 0 Å². The Hall–Kier alpha value is -1.54. The molecule has 3 aromatic heterocycles. The first kappa shape index (κ1) is 17.3. The largest absolute Gasteiger partial charge is 0.354 e. The minimum Gasteiger partial charge on any atom is -0.354 e. The maximum atomic E-state index is 12.2. The number of nitrogens with one attached hydrogen (secondary N) is 1. The molecule has 0 aliphatic rings. The third-order valence-electron chi connectivity index (χ3n) is 3.67. The number of aromatic nitrogens is 1. The topological polar surface area (TPSA) is 45.2 Å². The fourth-order valence-corrected chi connectivity index (χ4v) is 4.74. The highest BCUT2D eigenvalue weighted by molar-refractivity contribution is 7.20. The van der Waals surface area contributed by atoms with Gasteiger partial charge in [-0.1, -0.05) is 6.07 Å². The van der Waals surface area contributed by atoms with E-state index < -0.39 is 0 Å². The summed E-state index contributed by atoms with van der Waals surface area (Å²) in [7, 11) is 4.06. The highest BCUT2D eigenvalue weighted by Crippen LogP contribution is 2.28. The molecule has 0 radical (unpaired) electrons. The van der Waals surface area contributed by atoms with Crippen molar-refractivity contribution >= 4 is 39.9 Å². The lowest BCUT2D eigenvalue weighted by Gasteiger charge is -2.23. The van der Waals surface area contributed by atoms with E-state index in [0.29, 0.717) is 13.0 Å². The third-order valence-corrected chi connectivity index (χ3v) is 6.30. The van der Waals surface area contributed by atoms with Gasteiger partial charge in [-0.2, -0.15) is 11.3 Å². The zero-order valence-electron chi connectivity index (χ0n) is 13.6. The van der Waals surface area contributed by atoms with Crippen molar-refractivity contribution in [3.8, 4) is 9.88 Å². The van der Waals surface area contributed by atoms with Crippen molar-refractivity contribution in [3.05, 3.63) is 51.0 Å². The summed E-state index contributed by atoms with van der Waals surface area (Å²) in [4.78, 5) is 20.1. The third kappa shape index (κ3) is 4.30. The summed E-state index contributed by atoms with van der Waals surface area (Å²) in [5.74, 6) is 0.0140. The van der Waals surface area contributed by atoms with E-state index in [-0.39, 0.29) is 11.9 Å². The predicted octanol–water partition coefficient (Wildman–Crippen LogP) is 3.89. The van der Waals surface area contributed by atoms with E-state index in [1.54, 1.807) is 34.0 Å². The number of hydrogen-bond donors (Lipinski definition) is 1. The number of likely N-dealkylation sites (N-methyl/N-ethyl adjacent to an activating group) is 1. The van der Waals surface area contributed by atoms with Crippen LogP contribution in [-0.4, -0.2) is 36.4 Å². The van der Waals surface area contributed by atoms with Gasteiger partial charge in [0.25, 0.3) is 0 Å². The van der Waals surface area contributed by atoms with Gasteiger partial charge in [-0.25, -0.2) is 4.98 Å². The highest BCUT2D eigenvalue weighted by atomic mass is 32.1. The van der Waals surface area contributed by atoms with Gasteiger partial charge in [-0.05, 0) is 47.9 Å². The van der Waals surface area contributed by atoms with Crippen LogP contribution in [0.25, 0.3) is 9.88 Å². The first-order valence-electron chi connectivity index (χ1n) is 7.57. The lowest BCUT2D eigenvalue weighted by atomic mass is 10.1. The smallest absolute Gasteiger partial charge is 0.226 e. The molecule has 0 unspecified atom stereocenters. The molecule has 3 rings (SSSR count). The second-order valence-corrected chi connectivity index (χ2v) is 8.22. The number of thiazole rings is 1. The molecule has 0 aliphatic carbocycles. The number of nitrogens with zero attached hydrogens (tertiary/aromatic N) is 2. The summed E-state index contributed by atoms with van der Waals surface area (Å²) in [5.41, 5.74) is 2.07. The van der Waals surface area contributed by atoms with E-state index in [9.17, 15) is 4.79 Å². The maximum absolute atomic E-state index is 12.2. The van der Waals surface area contributed by atoms with E-state index in [0.717, 1.165) is 15.6 Å². The van der Waals surface area contributed by atoms with Crippen molar-refractivity contribution in [1.29, 1.82) is 0 Å². The molecule has 24 heavy (non-hydrogen) atoms. The highest BCUT2D eigenvalue weighted by Gasteiger charge is 2.16. The molecule has 0 bridgehead atoms. The number of hydrogen-bond acceptors (Lipinski definition) is 6. The van der Waals surface area contributed by atoms with E-state index in [2.05, 4.69) is 38.1 Å². The monoisotopic (exact) mass is 377 g/mol. The number of rotatable bonds is 7. The quantitative estimate of drug-likeness (QED) is 0.679. The van der Waals surface area contributed by atoms with Crippen molar-refractivity contribution in [2.45, 2.75) is 12.5 Å². The van der Waals surface area contributed by atoms with Crippen LogP contribution in [0.3, 0.4) is 0 Å². The molecular weight excluding hydrogens is 358 g/mol. The van der Waals surface area contributed by atoms with Crippen LogP contribution < -0.4 is 5.32 Å². The van der Waals surface area contributed by atoms with Gasteiger partial charge in [0.05, 0.1) is 23.0 Å². The summed E-state index contributed by atoms with van der Waals surface area (Å²) in [6, 6.07) is 6.36. The van der Waals surface area contributed by atoms with Crippen LogP contribution in [0.4, 0.5) is 0 Å². The summed E-state index contributed by atoms with van der Waals surface area (Å²) < 4.78 is 0. The molecule has 0 saturated heterocycles. The average molecular weight is 378 g/mol. The predicted molar refractivity (Wildman–Crippen MR) is 103 cm³/mol. The zero-order chi connectivity index (χ0) is 16.9. The normalized spacial score (nSPS) is 12.5. The van der Waals surface area contributed by atoms with Crippen LogP contribution in [0, 0.1) is 0 Å². The average Bonchev–Trinajstić information content (AvgIpc) is 3.29. The molecule has 7 heteroatoms. The van der Waals surface area contributed by atoms with Crippen molar-refractivity contribution < 1.29 is 4.79 Å². The molecule has 1 atom stereocenters. The van der Waals surface area contributed by atoms with Gasteiger partial charge in [0.15, 0.2) is 0 Å².